The van der Waals surface area contributed by atoms with Gasteiger partial charge in [0.2, 0.25) is 5.95 Å². The normalized spacial score (nSPS) is 11.2. The van der Waals surface area contributed by atoms with E-state index in [-0.39, 0.29) is 5.95 Å². The van der Waals surface area contributed by atoms with Gasteiger partial charge >= 0.3 is 0 Å². The summed E-state index contributed by atoms with van der Waals surface area (Å²) < 4.78 is 16.4. The zero-order valence-electron chi connectivity index (χ0n) is 18.4. The van der Waals surface area contributed by atoms with Gasteiger partial charge in [-0.05, 0) is 20.2 Å². The molecule has 0 fully saturated rings. The number of pyridine rings is 1. The Morgan fingerprint density at radius 1 is 1.03 bits per heavy atom. The number of nitrogens with zero attached hydrogens (tertiary/aromatic N) is 4. The lowest BCUT2D eigenvalue weighted by atomic mass is 10.1. The van der Waals surface area contributed by atoms with Crippen LogP contribution in [0.4, 0.5) is 11.8 Å². The number of halogens is 2. The fourth-order valence-corrected chi connectivity index (χ4v) is 3.70. The van der Waals surface area contributed by atoms with E-state index in [2.05, 4.69) is 20.2 Å². The Morgan fingerprint density at radius 2 is 1.72 bits per heavy atom. The van der Waals surface area contributed by atoms with Crippen molar-refractivity contribution in [1.82, 2.24) is 19.9 Å². The van der Waals surface area contributed by atoms with Gasteiger partial charge in [0.1, 0.15) is 17.0 Å². The number of fused-ring (bicyclic) bond motifs is 1. The summed E-state index contributed by atoms with van der Waals surface area (Å²) in [6, 6.07) is 3.42. The largest absolute Gasteiger partial charge is 0.495 e. The molecular formula is C21H26Cl2N6O3. The van der Waals surface area contributed by atoms with Crippen molar-refractivity contribution in [1.29, 1.82) is 0 Å². The number of hydrogen-bond acceptors (Lipinski definition) is 9. The van der Waals surface area contributed by atoms with Crippen LogP contribution in [0.5, 0.6) is 11.5 Å². The minimum Gasteiger partial charge on any atom is -0.495 e. The molecule has 0 saturated carbocycles. The molecule has 0 radical (unpaired) electrons. The predicted octanol–water partition coefficient (Wildman–Crippen LogP) is 3.59. The Morgan fingerprint density at radius 3 is 2.34 bits per heavy atom. The molecule has 0 spiro atoms. The van der Waals surface area contributed by atoms with Crippen LogP contribution in [0, 0.1) is 0 Å². The minimum absolute atomic E-state index is 0.149. The van der Waals surface area contributed by atoms with Gasteiger partial charge in [-0.15, -0.1) is 0 Å². The molecule has 3 aromatic rings. The summed E-state index contributed by atoms with van der Waals surface area (Å²) in [7, 11) is 7.03. The first-order valence-electron chi connectivity index (χ1n) is 9.85. The maximum Gasteiger partial charge on any atom is 0.220 e. The first-order chi connectivity index (χ1) is 15.3. The van der Waals surface area contributed by atoms with Crippen LogP contribution < -0.4 is 20.5 Å². The summed E-state index contributed by atoms with van der Waals surface area (Å²) in [4.78, 5) is 15.2. The molecule has 0 aliphatic heterocycles. The van der Waals surface area contributed by atoms with Crippen LogP contribution in [0.25, 0.3) is 22.2 Å². The minimum atomic E-state index is 0.149. The number of anilines is 2. The molecule has 0 atom stereocenters. The lowest BCUT2D eigenvalue weighted by molar-refractivity contribution is 0.126. The van der Waals surface area contributed by atoms with Gasteiger partial charge in [-0.2, -0.15) is 0 Å². The van der Waals surface area contributed by atoms with E-state index in [1.54, 1.807) is 18.3 Å². The number of likely N-dealkylation sites (N-methyl/N-ethyl adjacent to an activating group) is 1. The molecule has 172 valence electrons. The Bertz CT molecular complexity index is 1070. The average Bonchev–Trinajstić information content (AvgIpc) is 2.76. The van der Waals surface area contributed by atoms with Crippen LogP contribution in [-0.4, -0.2) is 74.5 Å². The van der Waals surface area contributed by atoms with Crippen molar-refractivity contribution in [2.24, 2.45) is 0 Å². The van der Waals surface area contributed by atoms with Crippen molar-refractivity contribution in [3.05, 3.63) is 28.4 Å². The smallest absolute Gasteiger partial charge is 0.220 e. The number of hydrogen-bond donors (Lipinski definition) is 2. The number of ether oxygens (including phenoxy) is 3. The quantitative estimate of drug-likeness (QED) is 0.420. The zero-order valence-corrected chi connectivity index (χ0v) is 19.9. The second kappa shape index (κ2) is 10.8. The van der Waals surface area contributed by atoms with Crippen LogP contribution in [0.1, 0.15) is 0 Å². The van der Waals surface area contributed by atoms with E-state index in [9.17, 15) is 0 Å². The number of nitrogen functional groups attached to an aromatic ring is 1. The zero-order chi connectivity index (χ0) is 23.3. The molecule has 9 nitrogen and oxygen atoms in total. The van der Waals surface area contributed by atoms with Crippen LogP contribution in [-0.2, 0) is 4.74 Å². The molecule has 32 heavy (non-hydrogen) atoms. The number of methoxy groups -OCH3 is 2. The van der Waals surface area contributed by atoms with Crippen molar-refractivity contribution in [3.63, 3.8) is 0 Å². The summed E-state index contributed by atoms with van der Waals surface area (Å²) in [5, 5.41) is 4.62. The summed E-state index contributed by atoms with van der Waals surface area (Å²) in [5.74, 6) is 1.50. The molecule has 0 bridgehead atoms. The van der Waals surface area contributed by atoms with Crippen LogP contribution in [0.3, 0.4) is 0 Å². The number of nitrogens with two attached hydrogens (primary N) is 1. The lowest BCUT2D eigenvalue weighted by Gasteiger charge is -2.16. The first-order valence-corrected chi connectivity index (χ1v) is 10.6. The van der Waals surface area contributed by atoms with Gasteiger partial charge < -0.3 is 30.2 Å². The molecule has 2 aromatic heterocycles. The van der Waals surface area contributed by atoms with Crippen LogP contribution in [0.15, 0.2) is 18.3 Å². The Kier molecular flexibility index (Phi) is 8.14. The molecule has 2 heterocycles. The molecule has 0 saturated heterocycles. The molecule has 0 aliphatic carbocycles. The predicted molar refractivity (Wildman–Crippen MR) is 128 cm³/mol. The standard InChI is InChI=1S/C21H26Cl2N6O3/c1-29(2)6-8-32-7-5-25-20-19-12(11-26-21(24)28-19)9-13(27-20)16-17(22)14(30-3)10-15(31-4)18(16)23/h9-11H,5-8H2,1-4H3,(H,25,27)(H2,24,26,28). The van der Waals surface area contributed by atoms with Gasteiger partial charge in [0.25, 0.3) is 0 Å². The van der Waals surface area contributed by atoms with E-state index in [0.29, 0.717) is 69.3 Å². The third-order valence-electron chi connectivity index (χ3n) is 4.64. The van der Waals surface area contributed by atoms with Gasteiger partial charge in [0, 0.05) is 36.3 Å². The van der Waals surface area contributed by atoms with Gasteiger partial charge in [0.15, 0.2) is 5.82 Å². The van der Waals surface area contributed by atoms with Gasteiger partial charge in [-0.3, -0.25) is 0 Å². The van der Waals surface area contributed by atoms with Gasteiger partial charge in [-0.1, -0.05) is 23.2 Å². The van der Waals surface area contributed by atoms with Crippen LogP contribution >= 0.6 is 23.2 Å². The highest BCUT2D eigenvalue weighted by atomic mass is 35.5. The Balaban J connectivity index is 2.00. The Labute approximate surface area is 196 Å². The van der Waals surface area contributed by atoms with E-state index in [1.807, 2.05) is 14.1 Å². The Hall–Kier alpha value is -2.59. The van der Waals surface area contributed by atoms with Crippen molar-refractivity contribution in [3.8, 4) is 22.8 Å². The highest BCUT2D eigenvalue weighted by Gasteiger charge is 2.21. The molecule has 11 heteroatoms. The lowest BCUT2D eigenvalue weighted by Crippen LogP contribution is -2.20. The van der Waals surface area contributed by atoms with Crippen molar-refractivity contribution >= 4 is 45.9 Å². The molecular weight excluding hydrogens is 455 g/mol. The second-order valence-corrected chi connectivity index (χ2v) is 7.90. The van der Waals surface area contributed by atoms with Gasteiger partial charge in [-0.25, -0.2) is 15.0 Å². The molecule has 0 amide bonds. The maximum absolute atomic E-state index is 6.59. The summed E-state index contributed by atoms with van der Waals surface area (Å²) in [6.45, 7) is 2.49. The van der Waals surface area contributed by atoms with E-state index < -0.39 is 0 Å². The molecule has 0 unspecified atom stereocenters. The van der Waals surface area contributed by atoms with Crippen molar-refractivity contribution in [2.45, 2.75) is 0 Å². The summed E-state index contributed by atoms with van der Waals surface area (Å²) >= 11 is 13.2. The number of nitrogens with one attached hydrogen (secondary N) is 1. The average molecular weight is 481 g/mol. The van der Waals surface area contributed by atoms with E-state index >= 15 is 0 Å². The second-order valence-electron chi connectivity index (χ2n) is 7.15. The van der Waals surface area contributed by atoms with Gasteiger partial charge in [0.05, 0.1) is 43.2 Å². The monoisotopic (exact) mass is 480 g/mol. The topological polar surface area (TPSA) is 108 Å². The van der Waals surface area contributed by atoms with Crippen molar-refractivity contribution in [2.75, 3.05) is 65.7 Å². The van der Waals surface area contributed by atoms with E-state index in [1.165, 1.54) is 14.2 Å². The fourth-order valence-electron chi connectivity index (χ4n) is 3.01. The fraction of sp³-hybridized carbons (Fsp3) is 0.381. The molecule has 3 N–H and O–H groups in total. The molecule has 3 rings (SSSR count). The van der Waals surface area contributed by atoms with Crippen LogP contribution in [0.2, 0.25) is 10.0 Å². The third-order valence-corrected chi connectivity index (χ3v) is 5.39. The number of rotatable bonds is 10. The summed E-state index contributed by atoms with van der Waals surface area (Å²) in [6.07, 6.45) is 1.63. The molecule has 0 aliphatic rings. The van der Waals surface area contributed by atoms with Crippen molar-refractivity contribution < 1.29 is 14.2 Å². The SMILES string of the molecule is COc1cc(OC)c(Cl)c(-c2cc3cnc(N)nc3c(NCCOCCN(C)C)n2)c1Cl. The highest BCUT2D eigenvalue weighted by Crippen LogP contribution is 2.46. The number of aromatic nitrogens is 3. The first kappa shape index (κ1) is 24.1. The maximum atomic E-state index is 6.59. The molecule has 1 aromatic carbocycles. The van der Waals surface area contributed by atoms with E-state index in [0.717, 1.165) is 6.54 Å². The van der Waals surface area contributed by atoms with E-state index in [4.69, 9.17) is 48.1 Å². The highest BCUT2D eigenvalue weighted by molar-refractivity contribution is 6.41. The summed E-state index contributed by atoms with van der Waals surface area (Å²) in [5.41, 5.74) is 7.38. The number of benzene rings is 1. The third kappa shape index (κ3) is 5.42.